The first-order valence-electron chi connectivity index (χ1n) is 8.20. The molecule has 3 unspecified atom stereocenters. The van der Waals surface area contributed by atoms with E-state index in [1.165, 1.54) is 32.1 Å². The van der Waals surface area contributed by atoms with E-state index >= 15 is 0 Å². The molecule has 19 heavy (non-hydrogen) atoms. The zero-order chi connectivity index (χ0) is 13.7. The monoisotopic (exact) mass is 266 g/mol. The minimum Gasteiger partial charge on any atom is -0.356 e. The van der Waals surface area contributed by atoms with Crippen molar-refractivity contribution in [3.8, 4) is 0 Å². The van der Waals surface area contributed by atoms with Crippen LogP contribution < -0.4 is 11.1 Å². The van der Waals surface area contributed by atoms with Crippen LogP contribution in [-0.4, -0.2) is 18.5 Å². The number of amides is 1. The SMILES string of the molecule is CC1CC(C(=O)NCCCC2CCCC2)CCC1N. The van der Waals surface area contributed by atoms with Gasteiger partial charge in [-0.25, -0.2) is 0 Å². The molecule has 0 aromatic carbocycles. The molecule has 0 aromatic heterocycles. The number of rotatable bonds is 5. The van der Waals surface area contributed by atoms with Gasteiger partial charge in [0, 0.05) is 18.5 Å². The van der Waals surface area contributed by atoms with Gasteiger partial charge in [0.25, 0.3) is 0 Å². The lowest BCUT2D eigenvalue weighted by Crippen LogP contribution is -2.40. The van der Waals surface area contributed by atoms with Gasteiger partial charge in [0.1, 0.15) is 0 Å². The summed E-state index contributed by atoms with van der Waals surface area (Å²) in [6.45, 7) is 3.04. The summed E-state index contributed by atoms with van der Waals surface area (Å²) in [7, 11) is 0. The van der Waals surface area contributed by atoms with Crippen LogP contribution in [0, 0.1) is 17.8 Å². The Bertz CT molecular complexity index is 286. The summed E-state index contributed by atoms with van der Waals surface area (Å²) in [6.07, 6.45) is 11.0. The number of hydrogen-bond acceptors (Lipinski definition) is 2. The van der Waals surface area contributed by atoms with E-state index in [1.54, 1.807) is 0 Å². The second kappa shape index (κ2) is 7.28. The Hall–Kier alpha value is -0.570. The second-order valence-corrected chi connectivity index (χ2v) is 6.73. The third kappa shape index (κ3) is 4.48. The first kappa shape index (κ1) is 14.8. The predicted molar refractivity (Wildman–Crippen MR) is 78.7 cm³/mol. The molecule has 0 bridgehead atoms. The van der Waals surface area contributed by atoms with Crippen molar-refractivity contribution in [1.82, 2.24) is 5.32 Å². The summed E-state index contributed by atoms with van der Waals surface area (Å²) in [5.74, 6) is 1.90. The van der Waals surface area contributed by atoms with E-state index in [1.807, 2.05) is 0 Å². The van der Waals surface area contributed by atoms with Gasteiger partial charge >= 0.3 is 0 Å². The van der Waals surface area contributed by atoms with Crippen LogP contribution in [0.2, 0.25) is 0 Å². The summed E-state index contributed by atoms with van der Waals surface area (Å²) in [4.78, 5) is 12.1. The number of carbonyl (C=O) groups excluding carboxylic acids is 1. The molecule has 0 aromatic rings. The molecule has 0 heterocycles. The Morgan fingerprint density at radius 3 is 2.63 bits per heavy atom. The predicted octanol–water partition coefficient (Wildman–Crippen LogP) is 2.84. The molecule has 2 rings (SSSR count). The highest BCUT2D eigenvalue weighted by molar-refractivity contribution is 5.78. The molecule has 3 atom stereocenters. The van der Waals surface area contributed by atoms with Crippen LogP contribution in [0.15, 0.2) is 0 Å². The minimum atomic E-state index is 0.210. The largest absolute Gasteiger partial charge is 0.356 e. The topological polar surface area (TPSA) is 55.1 Å². The maximum atomic E-state index is 12.1. The number of hydrogen-bond donors (Lipinski definition) is 2. The smallest absolute Gasteiger partial charge is 0.223 e. The van der Waals surface area contributed by atoms with Crippen LogP contribution in [-0.2, 0) is 4.79 Å². The molecule has 3 heteroatoms. The molecule has 3 N–H and O–H groups in total. The van der Waals surface area contributed by atoms with Crippen LogP contribution >= 0.6 is 0 Å². The number of carbonyl (C=O) groups is 1. The van der Waals surface area contributed by atoms with E-state index in [0.29, 0.717) is 12.0 Å². The van der Waals surface area contributed by atoms with Gasteiger partial charge in [-0.1, -0.05) is 32.6 Å². The Morgan fingerprint density at radius 1 is 1.21 bits per heavy atom. The molecule has 2 aliphatic rings. The van der Waals surface area contributed by atoms with Gasteiger partial charge < -0.3 is 11.1 Å². The summed E-state index contributed by atoms with van der Waals surface area (Å²) in [5, 5.41) is 3.13. The number of nitrogens with two attached hydrogens (primary N) is 1. The summed E-state index contributed by atoms with van der Waals surface area (Å²) >= 11 is 0. The van der Waals surface area contributed by atoms with Crippen molar-refractivity contribution in [2.24, 2.45) is 23.5 Å². The maximum absolute atomic E-state index is 12.1. The average Bonchev–Trinajstić information content (AvgIpc) is 2.91. The van der Waals surface area contributed by atoms with Crippen molar-refractivity contribution in [3.63, 3.8) is 0 Å². The molecule has 0 spiro atoms. The van der Waals surface area contributed by atoms with Crippen molar-refractivity contribution in [2.45, 2.75) is 70.8 Å². The Morgan fingerprint density at radius 2 is 1.95 bits per heavy atom. The van der Waals surface area contributed by atoms with Gasteiger partial charge in [-0.2, -0.15) is 0 Å². The third-order valence-electron chi connectivity index (χ3n) is 5.17. The van der Waals surface area contributed by atoms with Gasteiger partial charge in [-0.3, -0.25) is 4.79 Å². The van der Waals surface area contributed by atoms with Crippen LogP contribution in [0.4, 0.5) is 0 Å². The Kier molecular flexibility index (Phi) is 5.68. The second-order valence-electron chi connectivity index (χ2n) is 6.73. The molecular formula is C16H30N2O. The molecule has 110 valence electrons. The van der Waals surface area contributed by atoms with Crippen molar-refractivity contribution in [2.75, 3.05) is 6.54 Å². The average molecular weight is 266 g/mol. The Labute approximate surface area is 117 Å². The van der Waals surface area contributed by atoms with Crippen molar-refractivity contribution < 1.29 is 4.79 Å². The quantitative estimate of drug-likeness (QED) is 0.752. The zero-order valence-corrected chi connectivity index (χ0v) is 12.4. The molecule has 0 saturated heterocycles. The van der Waals surface area contributed by atoms with E-state index in [2.05, 4.69) is 12.2 Å². The van der Waals surface area contributed by atoms with Crippen LogP contribution in [0.5, 0.6) is 0 Å². The fourth-order valence-electron chi connectivity index (χ4n) is 3.70. The molecule has 2 saturated carbocycles. The first-order valence-corrected chi connectivity index (χ1v) is 8.20. The summed E-state index contributed by atoms with van der Waals surface area (Å²) in [6, 6.07) is 0.298. The maximum Gasteiger partial charge on any atom is 0.223 e. The van der Waals surface area contributed by atoms with Crippen LogP contribution in [0.3, 0.4) is 0 Å². The van der Waals surface area contributed by atoms with Gasteiger partial charge in [0.2, 0.25) is 5.91 Å². The first-order chi connectivity index (χ1) is 9.16. The molecule has 1 amide bonds. The van der Waals surface area contributed by atoms with E-state index in [4.69, 9.17) is 5.73 Å². The van der Waals surface area contributed by atoms with Crippen LogP contribution in [0.1, 0.15) is 64.7 Å². The minimum absolute atomic E-state index is 0.210. The van der Waals surface area contributed by atoms with Gasteiger partial charge in [0.05, 0.1) is 0 Å². The normalized spacial score (nSPS) is 32.4. The van der Waals surface area contributed by atoms with E-state index < -0.39 is 0 Å². The van der Waals surface area contributed by atoms with E-state index in [0.717, 1.165) is 38.1 Å². The van der Waals surface area contributed by atoms with Gasteiger partial charge in [0.15, 0.2) is 0 Å². The molecule has 2 fully saturated rings. The van der Waals surface area contributed by atoms with Crippen LogP contribution in [0.25, 0.3) is 0 Å². The fourth-order valence-corrected chi connectivity index (χ4v) is 3.70. The molecule has 0 aliphatic heterocycles. The Balaban J connectivity index is 1.58. The van der Waals surface area contributed by atoms with Crippen molar-refractivity contribution in [1.29, 1.82) is 0 Å². The highest BCUT2D eigenvalue weighted by Gasteiger charge is 2.29. The van der Waals surface area contributed by atoms with E-state index in [9.17, 15) is 4.79 Å². The van der Waals surface area contributed by atoms with Gasteiger partial charge in [-0.05, 0) is 43.9 Å². The molecule has 0 radical (unpaired) electrons. The third-order valence-corrected chi connectivity index (χ3v) is 5.17. The lowest BCUT2D eigenvalue weighted by molar-refractivity contribution is -0.126. The highest BCUT2D eigenvalue weighted by Crippen LogP contribution is 2.29. The van der Waals surface area contributed by atoms with Gasteiger partial charge in [-0.15, -0.1) is 0 Å². The zero-order valence-electron chi connectivity index (χ0n) is 12.4. The standard InChI is InChI=1S/C16H30N2O/c1-12-11-14(8-9-15(12)17)16(19)18-10-4-7-13-5-2-3-6-13/h12-15H,2-11,17H2,1H3,(H,18,19). The number of nitrogens with one attached hydrogen (secondary N) is 1. The molecule has 3 nitrogen and oxygen atoms in total. The molecular weight excluding hydrogens is 236 g/mol. The summed E-state index contributed by atoms with van der Waals surface area (Å²) < 4.78 is 0. The lowest BCUT2D eigenvalue weighted by Gasteiger charge is -2.31. The molecule has 2 aliphatic carbocycles. The van der Waals surface area contributed by atoms with E-state index in [-0.39, 0.29) is 11.8 Å². The van der Waals surface area contributed by atoms with Crippen molar-refractivity contribution in [3.05, 3.63) is 0 Å². The summed E-state index contributed by atoms with van der Waals surface area (Å²) in [5.41, 5.74) is 6.00. The fraction of sp³-hybridized carbons (Fsp3) is 0.938. The van der Waals surface area contributed by atoms with Crippen molar-refractivity contribution >= 4 is 5.91 Å². The highest BCUT2D eigenvalue weighted by atomic mass is 16.1. The lowest BCUT2D eigenvalue weighted by atomic mass is 9.79.